The Balaban J connectivity index is 1.09. The topological polar surface area (TPSA) is 92.7 Å². The quantitative estimate of drug-likeness (QED) is 0.737. The normalized spacial score (nSPS) is 38.0. The van der Waals surface area contributed by atoms with E-state index < -0.39 is 0 Å². The molecule has 2 aromatic rings. The lowest BCUT2D eigenvalue weighted by atomic mass is 9.71. The SMILES string of the molecule is NCC1CCCN(C(=O)c2cn3c(C(=O)NCC45CC6CC6C6(CC6C4)C5)cccc3n2)C1. The van der Waals surface area contributed by atoms with Gasteiger partial charge in [-0.2, -0.15) is 0 Å². The van der Waals surface area contributed by atoms with Gasteiger partial charge in [0.25, 0.3) is 11.8 Å². The van der Waals surface area contributed by atoms with Crippen LogP contribution in [0.4, 0.5) is 0 Å². The van der Waals surface area contributed by atoms with Crippen LogP contribution in [-0.2, 0) is 0 Å². The summed E-state index contributed by atoms with van der Waals surface area (Å²) in [4.78, 5) is 32.8. The van der Waals surface area contributed by atoms with E-state index in [1.54, 1.807) is 10.6 Å². The number of hydrogen-bond acceptors (Lipinski definition) is 4. The molecule has 4 saturated carbocycles. The van der Waals surface area contributed by atoms with Crippen molar-refractivity contribution in [3.8, 4) is 0 Å². The van der Waals surface area contributed by atoms with E-state index in [0.717, 1.165) is 43.7 Å². The predicted molar refractivity (Wildman–Crippen MR) is 124 cm³/mol. The third-order valence-electron chi connectivity index (χ3n) is 9.73. The van der Waals surface area contributed by atoms with Gasteiger partial charge in [0.05, 0.1) is 0 Å². The summed E-state index contributed by atoms with van der Waals surface area (Å²) < 4.78 is 1.77. The molecule has 0 radical (unpaired) electrons. The fourth-order valence-corrected chi connectivity index (χ4v) is 8.13. The van der Waals surface area contributed by atoms with Gasteiger partial charge in [-0.15, -0.1) is 0 Å². The molecule has 33 heavy (non-hydrogen) atoms. The molecule has 2 aromatic heterocycles. The minimum atomic E-state index is -0.0706. The molecule has 7 heteroatoms. The number of imidazole rings is 1. The zero-order valence-electron chi connectivity index (χ0n) is 19.1. The highest BCUT2D eigenvalue weighted by molar-refractivity contribution is 5.95. The summed E-state index contributed by atoms with van der Waals surface area (Å²) in [7, 11) is 0. The molecule has 1 saturated heterocycles. The van der Waals surface area contributed by atoms with Crippen molar-refractivity contribution in [1.82, 2.24) is 19.6 Å². The van der Waals surface area contributed by atoms with Gasteiger partial charge in [-0.25, -0.2) is 4.98 Å². The van der Waals surface area contributed by atoms with Gasteiger partial charge in [-0.3, -0.25) is 14.0 Å². The fraction of sp³-hybridized carbons (Fsp3) is 0.654. The minimum absolute atomic E-state index is 0.0694. The monoisotopic (exact) mass is 447 g/mol. The number of carbonyl (C=O) groups excluding carboxylic acids is 2. The first kappa shape index (κ1) is 20.0. The smallest absolute Gasteiger partial charge is 0.274 e. The van der Waals surface area contributed by atoms with Crippen molar-refractivity contribution in [3.63, 3.8) is 0 Å². The number of nitrogens with one attached hydrogen (secondary N) is 1. The van der Waals surface area contributed by atoms with E-state index in [1.807, 2.05) is 23.1 Å². The maximum absolute atomic E-state index is 13.2. The Hall–Kier alpha value is -2.41. The van der Waals surface area contributed by atoms with Crippen LogP contribution in [0.2, 0.25) is 0 Å². The number of hydrogen-bond donors (Lipinski definition) is 2. The molecule has 2 amide bonds. The highest BCUT2D eigenvalue weighted by atomic mass is 16.2. The van der Waals surface area contributed by atoms with E-state index in [4.69, 9.17) is 5.73 Å². The Bertz CT molecular complexity index is 1150. The molecule has 174 valence electrons. The van der Waals surface area contributed by atoms with Gasteiger partial charge in [-0.05, 0) is 98.1 Å². The number of piperidine rings is 1. The Morgan fingerprint density at radius 3 is 3.03 bits per heavy atom. The summed E-state index contributed by atoms with van der Waals surface area (Å²) in [5.41, 5.74) is 8.39. The molecule has 1 spiro atoms. The Labute approximate surface area is 194 Å². The molecule has 7 nitrogen and oxygen atoms in total. The van der Waals surface area contributed by atoms with Gasteiger partial charge < -0.3 is 16.0 Å². The molecule has 5 fully saturated rings. The zero-order valence-corrected chi connectivity index (χ0v) is 19.1. The summed E-state index contributed by atoms with van der Waals surface area (Å²) in [6.07, 6.45) is 10.6. The van der Waals surface area contributed by atoms with E-state index in [2.05, 4.69) is 10.3 Å². The molecule has 4 aliphatic carbocycles. The Morgan fingerprint density at radius 2 is 2.15 bits per heavy atom. The van der Waals surface area contributed by atoms with Gasteiger partial charge in [0.2, 0.25) is 0 Å². The summed E-state index contributed by atoms with van der Waals surface area (Å²) in [5.74, 6) is 3.06. The van der Waals surface area contributed by atoms with Crippen LogP contribution in [0.15, 0.2) is 24.4 Å². The molecule has 0 aromatic carbocycles. The standard InChI is InChI=1S/C26H33N5O2/c27-11-16-3-2-6-30(12-16)24(33)20-13-31-21(4-1-5-22(31)29-20)23(32)28-15-25-8-17-7-19(17)26(14-25)10-18(26)9-25/h1,4-5,13,16-19H,2-3,6-12,14-15,27H2,(H,28,32). The molecular weight excluding hydrogens is 414 g/mol. The van der Waals surface area contributed by atoms with E-state index in [1.165, 1.54) is 32.1 Å². The highest BCUT2D eigenvalue weighted by Crippen LogP contribution is 2.83. The first-order valence-electron chi connectivity index (χ1n) is 12.8. The van der Waals surface area contributed by atoms with Crippen LogP contribution < -0.4 is 11.1 Å². The largest absolute Gasteiger partial charge is 0.350 e. The average Bonchev–Trinajstić information content (AvgIpc) is 3.67. The lowest BCUT2D eigenvalue weighted by Crippen LogP contribution is -2.42. The van der Waals surface area contributed by atoms with E-state index in [-0.39, 0.29) is 11.8 Å². The van der Waals surface area contributed by atoms with E-state index in [9.17, 15) is 9.59 Å². The van der Waals surface area contributed by atoms with E-state index >= 15 is 0 Å². The van der Waals surface area contributed by atoms with Crippen molar-refractivity contribution in [2.24, 2.45) is 40.2 Å². The van der Waals surface area contributed by atoms with Crippen LogP contribution in [0.25, 0.3) is 5.65 Å². The average molecular weight is 448 g/mol. The van der Waals surface area contributed by atoms with Gasteiger partial charge in [0.15, 0.2) is 0 Å². The first-order chi connectivity index (χ1) is 16.0. The molecule has 6 unspecified atom stereocenters. The Morgan fingerprint density at radius 1 is 1.24 bits per heavy atom. The first-order valence-corrected chi connectivity index (χ1v) is 12.8. The van der Waals surface area contributed by atoms with Crippen molar-refractivity contribution in [3.05, 3.63) is 35.8 Å². The van der Waals surface area contributed by atoms with Gasteiger partial charge in [0, 0.05) is 25.8 Å². The third kappa shape index (κ3) is 3.00. The molecule has 5 aliphatic rings. The maximum atomic E-state index is 13.2. The van der Waals surface area contributed by atoms with Crippen molar-refractivity contribution in [2.75, 3.05) is 26.2 Å². The molecule has 3 N–H and O–H groups in total. The van der Waals surface area contributed by atoms with Crippen molar-refractivity contribution < 1.29 is 9.59 Å². The minimum Gasteiger partial charge on any atom is -0.350 e. The maximum Gasteiger partial charge on any atom is 0.274 e. The molecule has 7 rings (SSSR count). The second kappa shape index (κ2) is 6.81. The molecular formula is C26H33N5O2. The number of amides is 2. The van der Waals surface area contributed by atoms with Gasteiger partial charge >= 0.3 is 0 Å². The molecule has 3 heterocycles. The third-order valence-corrected chi connectivity index (χ3v) is 9.73. The van der Waals surface area contributed by atoms with Crippen LogP contribution in [0.5, 0.6) is 0 Å². The lowest BCUT2D eigenvalue weighted by Gasteiger charge is -2.36. The molecule has 6 atom stereocenters. The molecule has 2 bridgehead atoms. The predicted octanol–water partition coefficient (Wildman–Crippen LogP) is 2.70. The second-order valence-electron chi connectivity index (χ2n) is 11.8. The van der Waals surface area contributed by atoms with Crippen LogP contribution >= 0.6 is 0 Å². The highest BCUT2D eigenvalue weighted by Gasteiger charge is 2.76. The summed E-state index contributed by atoms with van der Waals surface area (Å²) in [5, 5.41) is 3.27. The zero-order chi connectivity index (χ0) is 22.4. The van der Waals surface area contributed by atoms with Crippen LogP contribution in [0, 0.1) is 34.5 Å². The lowest BCUT2D eigenvalue weighted by molar-refractivity contribution is 0.0672. The second-order valence-corrected chi connectivity index (χ2v) is 11.8. The Kier molecular flexibility index (Phi) is 4.13. The van der Waals surface area contributed by atoms with Crippen LogP contribution in [-0.4, -0.2) is 52.3 Å². The van der Waals surface area contributed by atoms with Gasteiger partial charge in [-0.1, -0.05) is 6.07 Å². The van der Waals surface area contributed by atoms with Gasteiger partial charge in [0.1, 0.15) is 17.0 Å². The number of pyridine rings is 1. The number of likely N-dealkylation sites (tertiary alicyclic amines) is 1. The van der Waals surface area contributed by atoms with E-state index in [0.29, 0.717) is 46.9 Å². The van der Waals surface area contributed by atoms with Crippen molar-refractivity contribution >= 4 is 17.5 Å². The van der Waals surface area contributed by atoms with Crippen LogP contribution in [0.3, 0.4) is 0 Å². The fourth-order valence-electron chi connectivity index (χ4n) is 8.13. The van der Waals surface area contributed by atoms with Crippen molar-refractivity contribution in [2.45, 2.75) is 44.9 Å². The van der Waals surface area contributed by atoms with Crippen LogP contribution in [0.1, 0.15) is 65.9 Å². The van der Waals surface area contributed by atoms with Crippen molar-refractivity contribution in [1.29, 1.82) is 0 Å². The number of nitrogens with two attached hydrogens (primary N) is 1. The number of carbonyl (C=O) groups is 2. The molecule has 1 aliphatic heterocycles. The summed E-state index contributed by atoms with van der Waals surface area (Å²) in [6.45, 7) is 2.80. The number of nitrogens with zero attached hydrogens (tertiary/aromatic N) is 3. The number of aromatic nitrogens is 2. The number of rotatable bonds is 5. The summed E-state index contributed by atoms with van der Waals surface area (Å²) >= 11 is 0. The summed E-state index contributed by atoms with van der Waals surface area (Å²) in [6, 6.07) is 5.53. The number of fused-ring (bicyclic) bond motifs is 3.